The Labute approximate surface area is 139 Å². The molecular weight excluding hydrogens is 298 g/mol. The molecule has 0 bridgehead atoms. The normalized spacial score (nSPS) is 13.5. The lowest BCUT2D eigenvalue weighted by atomic mass is 9.81. The molecule has 0 saturated carbocycles. The number of aromatic nitrogens is 2. The molecule has 0 radical (unpaired) electrons. The van der Waals surface area contributed by atoms with Gasteiger partial charge in [0.05, 0.1) is 11.1 Å². The van der Waals surface area contributed by atoms with Gasteiger partial charge in [0.25, 0.3) is 0 Å². The van der Waals surface area contributed by atoms with Crippen LogP contribution in [0.1, 0.15) is 29.5 Å². The van der Waals surface area contributed by atoms with E-state index in [1.807, 2.05) is 30.3 Å². The van der Waals surface area contributed by atoms with E-state index in [4.69, 9.17) is 11.3 Å². The lowest BCUT2D eigenvalue weighted by molar-refractivity contribution is 0.689. The Morgan fingerprint density at radius 1 is 1.12 bits per heavy atom. The van der Waals surface area contributed by atoms with Crippen molar-refractivity contribution in [2.45, 2.75) is 25.7 Å². The van der Waals surface area contributed by atoms with Crippen molar-refractivity contribution in [2.75, 3.05) is 5.84 Å². The first-order chi connectivity index (χ1) is 11.7. The molecule has 0 fully saturated rings. The number of nitrogen functional groups attached to an aromatic ring is 1. The molecule has 1 aromatic heterocycles. The molecule has 3 aromatic rings. The van der Waals surface area contributed by atoms with Gasteiger partial charge < -0.3 is 5.84 Å². The van der Waals surface area contributed by atoms with Crippen molar-refractivity contribution < 1.29 is 0 Å². The average Bonchev–Trinajstić information content (AvgIpc) is 2.64. The second-order valence-corrected chi connectivity index (χ2v) is 6.12. The van der Waals surface area contributed by atoms with Gasteiger partial charge >= 0.3 is 0 Å². The highest BCUT2D eigenvalue weighted by molar-refractivity contribution is 5.95. The molecule has 2 aromatic carbocycles. The van der Waals surface area contributed by atoms with Crippen molar-refractivity contribution >= 4 is 10.9 Å². The Morgan fingerprint density at radius 3 is 2.54 bits per heavy atom. The van der Waals surface area contributed by atoms with E-state index in [-0.39, 0.29) is 5.49 Å². The van der Waals surface area contributed by atoms with Crippen LogP contribution in [0, 0.1) is 16.7 Å². The maximum absolute atomic E-state index is 9.85. The van der Waals surface area contributed by atoms with Crippen LogP contribution in [-0.4, -0.2) is 9.66 Å². The van der Waals surface area contributed by atoms with Crippen molar-refractivity contribution in [3.8, 4) is 17.2 Å². The van der Waals surface area contributed by atoms with Crippen LogP contribution in [0.3, 0.4) is 0 Å². The van der Waals surface area contributed by atoms with Gasteiger partial charge in [-0.05, 0) is 42.4 Å². The fraction of sp³-hybridized carbons (Fsp3) is 0.211. The van der Waals surface area contributed by atoms with Gasteiger partial charge in [-0.25, -0.2) is 9.66 Å². The lowest BCUT2D eigenvalue weighted by Gasteiger charge is -2.23. The number of nitrogens with one attached hydrogen (secondary N) is 1. The number of benzene rings is 2. The zero-order valence-corrected chi connectivity index (χ0v) is 13.2. The molecule has 1 heterocycles. The maximum atomic E-state index is 9.85. The van der Waals surface area contributed by atoms with E-state index >= 15 is 0 Å². The summed E-state index contributed by atoms with van der Waals surface area (Å²) in [4.78, 5) is 4.40. The van der Waals surface area contributed by atoms with E-state index in [1.54, 1.807) is 0 Å². The van der Waals surface area contributed by atoms with E-state index in [0.29, 0.717) is 11.1 Å². The van der Waals surface area contributed by atoms with Crippen molar-refractivity contribution in [3.63, 3.8) is 0 Å². The van der Waals surface area contributed by atoms with Crippen LogP contribution in [0.5, 0.6) is 0 Å². The molecule has 1 aliphatic carbocycles. The van der Waals surface area contributed by atoms with Crippen LogP contribution in [0.15, 0.2) is 36.7 Å². The minimum absolute atomic E-state index is 0.217. The number of hydrogen-bond donors (Lipinski definition) is 2. The summed E-state index contributed by atoms with van der Waals surface area (Å²) in [6, 6.07) is 12.3. The molecule has 0 saturated heterocycles. The molecule has 1 aliphatic rings. The Bertz CT molecular complexity index is 1040. The topological polar surface area (TPSA) is 91.5 Å². The summed E-state index contributed by atoms with van der Waals surface area (Å²) in [5.74, 6) is 5.84. The van der Waals surface area contributed by atoms with Crippen molar-refractivity contribution in [3.05, 3.63) is 58.8 Å². The summed E-state index contributed by atoms with van der Waals surface area (Å²) in [5.41, 5.74) is 5.67. The van der Waals surface area contributed by atoms with Crippen LogP contribution in [0.25, 0.3) is 22.0 Å². The van der Waals surface area contributed by atoms with Crippen LogP contribution < -0.4 is 11.3 Å². The Morgan fingerprint density at radius 2 is 1.83 bits per heavy atom. The van der Waals surface area contributed by atoms with E-state index in [1.165, 1.54) is 16.6 Å². The zero-order valence-electron chi connectivity index (χ0n) is 13.2. The SMILES string of the molecule is N#Cc1c(-c2ccccc2)c2c(c3c(=N)n(N)cnc13)CCCC2. The van der Waals surface area contributed by atoms with Gasteiger partial charge in [-0.2, -0.15) is 5.26 Å². The maximum Gasteiger partial charge on any atom is 0.154 e. The predicted molar refractivity (Wildman–Crippen MR) is 92.5 cm³/mol. The van der Waals surface area contributed by atoms with Gasteiger partial charge in [-0.1, -0.05) is 30.3 Å². The quantitative estimate of drug-likeness (QED) is 0.676. The number of nitrogens with two attached hydrogens (primary N) is 1. The fourth-order valence-electron chi connectivity index (χ4n) is 3.72. The fourth-order valence-corrected chi connectivity index (χ4v) is 3.72. The summed E-state index contributed by atoms with van der Waals surface area (Å²) in [6.45, 7) is 0. The third-order valence-electron chi connectivity index (χ3n) is 4.78. The minimum atomic E-state index is 0.217. The minimum Gasteiger partial charge on any atom is -0.336 e. The van der Waals surface area contributed by atoms with Crippen LogP contribution in [0.4, 0.5) is 0 Å². The molecule has 0 amide bonds. The molecular formula is C19H17N5. The number of rotatable bonds is 1. The molecule has 5 nitrogen and oxygen atoms in total. The smallest absolute Gasteiger partial charge is 0.154 e. The Hall–Kier alpha value is -3.13. The van der Waals surface area contributed by atoms with Gasteiger partial charge in [0.2, 0.25) is 0 Å². The second-order valence-electron chi connectivity index (χ2n) is 6.12. The first-order valence-electron chi connectivity index (χ1n) is 8.06. The van der Waals surface area contributed by atoms with Crippen LogP contribution >= 0.6 is 0 Å². The Balaban J connectivity index is 2.24. The monoisotopic (exact) mass is 315 g/mol. The van der Waals surface area contributed by atoms with Crippen LogP contribution in [-0.2, 0) is 12.8 Å². The van der Waals surface area contributed by atoms with Crippen molar-refractivity contribution in [2.24, 2.45) is 0 Å². The predicted octanol–water partition coefficient (Wildman–Crippen LogP) is 2.65. The second kappa shape index (κ2) is 5.50. The molecule has 0 spiro atoms. The zero-order chi connectivity index (χ0) is 16.7. The standard InChI is InChI=1S/C19H17N5/c20-10-15-16(12-6-2-1-3-7-12)13-8-4-5-9-14(13)17-18(15)23-11-24(22)19(17)21/h1-3,6-7,11,21H,4-5,8-9,22H2. The van der Waals surface area contributed by atoms with E-state index < -0.39 is 0 Å². The average molecular weight is 315 g/mol. The van der Waals surface area contributed by atoms with E-state index in [0.717, 1.165) is 47.8 Å². The van der Waals surface area contributed by atoms with Gasteiger partial charge in [-0.15, -0.1) is 0 Å². The Kier molecular flexibility index (Phi) is 3.31. The molecule has 24 heavy (non-hydrogen) atoms. The summed E-state index contributed by atoms with van der Waals surface area (Å²) in [7, 11) is 0. The summed E-state index contributed by atoms with van der Waals surface area (Å²) < 4.78 is 1.22. The third kappa shape index (κ3) is 2.00. The molecule has 3 N–H and O–H groups in total. The van der Waals surface area contributed by atoms with Gasteiger partial charge in [0.15, 0.2) is 5.49 Å². The molecule has 0 aliphatic heterocycles. The van der Waals surface area contributed by atoms with Gasteiger partial charge in [0.1, 0.15) is 12.4 Å². The van der Waals surface area contributed by atoms with Crippen molar-refractivity contribution in [1.29, 1.82) is 10.7 Å². The number of nitriles is 1. The number of aryl methyl sites for hydroxylation is 1. The first-order valence-corrected chi connectivity index (χ1v) is 8.06. The van der Waals surface area contributed by atoms with E-state index in [9.17, 15) is 5.26 Å². The molecule has 0 atom stereocenters. The highest BCUT2D eigenvalue weighted by Crippen LogP contribution is 2.38. The highest BCUT2D eigenvalue weighted by Gasteiger charge is 2.24. The molecule has 118 valence electrons. The van der Waals surface area contributed by atoms with Crippen molar-refractivity contribution in [1.82, 2.24) is 9.66 Å². The molecule has 5 heteroatoms. The first kappa shape index (κ1) is 14.5. The third-order valence-corrected chi connectivity index (χ3v) is 4.78. The molecule has 4 rings (SSSR count). The number of fused-ring (bicyclic) bond motifs is 3. The van der Waals surface area contributed by atoms with Crippen LogP contribution in [0.2, 0.25) is 0 Å². The summed E-state index contributed by atoms with van der Waals surface area (Å²) in [6.07, 6.45) is 5.41. The number of nitrogens with zero attached hydrogens (tertiary/aromatic N) is 3. The summed E-state index contributed by atoms with van der Waals surface area (Å²) in [5, 5.41) is 18.9. The largest absolute Gasteiger partial charge is 0.336 e. The van der Waals surface area contributed by atoms with E-state index in [2.05, 4.69) is 11.1 Å². The van der Waals surface area contributed by atoms with Gasteiger partial charge in [-0.3, -0.25) is 5.41 Å². The number of hydrogen-bond acceptors (Lipinski definition) is 4. The molecule has 0 unspecified atom stereocenters. The highest BCUT2D eigenvalue weighted by atomic mass is 15.3. The lowest BCUT2D eigenvalue weighted by Crippen LogP contribution is -2.29. The summed E-state index contributed by atoms with van der Waals surface area (Å²) >= 11 is 0. The van der Waals surface area contributed by atoms with Gasteiger partial charge in [0, 0.05) is 10.9 Å².